The number of rotatable bonds is 64. The lowest BCUT2D eigenvalue weighted by Crippen LogP contribution is -2.61. The zero-order chi connectivity index (χ0) is 104. The third-order valence-electron chi connectivity index (χ3n) is 22.3. The smallest absolute Gasteiger partial charge is 0.312 e. The highest BCUT2D eigenvalue weighted by molar-refractivity contribution is 7.80. The Labute approximate surface area is 823 Å². The summed E-state index contributed by atoms with van der Waals surface area (Å²) >= 11 is 8.64. The van der Waals surface area contributed by atoms with Crippen molar-refractivity contribution >= 4 is 161 Å². The Bertz CT molecular complexity index is 4970. The van der Waals surface area contributed by atoms with Crippen LogP contribution in [0, 0.1) is 16.2 Å². The highest BCUT2D eigenvalue weighted by Gasteiger charge is 2.42. The standard InChI is InChI=1S/C88H133N29O22S2/c89-34-4-3-13-56(107-72(126)59(17-8-38-103-87(98)138)109-77(131)62(42-47-21-26-52(118)27-22-47)113-81(135)66(46-141)116-79(133)64(44-49-20-25-50-11-1-2-12-51(50)41-49)112-75(129)57(15-6-36-101-85(94)95)106-71(125)54(90)30-32-68(120)121)74(128)111-61(31-33-69(122)123)83(137)117-40-10-19-67(117)82(136)114-63(43-48-23-28-53(119)29-24-48)78(132)110-58(16-7-37-102-86(96)97)73(127)108-60(18-9-39-104-88(99)139)76(130)115-65(45-140)80(134)105-55(70(91)124)14-5-35-100-84(92)93/h1-2,11-12,20-29,41,54-67,118-119,140-141H,3-10,13-19,30-40,42-46,89-90H2,(H2,91,124)(H,105,134)(H,106,125)(H,107,126)(H,108,127)(H,109,131)(H,110,132)(H,111,128)(H,112,129)(H,113,135)(H,114,136)(H,115,130)(H,116,133)(H,120,121)(H,122,123)(H4,92,93,100)(H4,94,95,101)(H4,96,97,102)(H3,98,103,138)(H3,99,104,139)/t54-,55+,56+,57+,58+,59+,60+,61-,62+,63+,64+,65+,66+,67+/m1/s1. The molecule has 774 valence electrons. The van der Waals surface area contributed by atoms with Crippen molar-refractivity contribution in [2.45, 2.75) is 226 Å². The van der Waals surface area contributed by atoms with Crippen LogP contribution in [0.3, 0.4) is 0 Å². The number of aromatic hydroxyl groups is 2. The number of thiol groups is 2. The fraction of sp³-hybridized carbons (Fsp3) is 0.511. The van der Waals surface area contributed by atoms with Crippen LogP contribution < -0.4 is 136 Å². The van der Waals surface area contributed by atoms with E-state index in [1.165, 1.54) is 48.5 Å². The molecular formula is C88H133N29O22S2. The topological polar surface area (TPSA) is 876 Å². The molecule has 53 heteroatoms. The van der Waals surface area contributed by atoms with Gasteiger partial charge in [-0.15, -0.1) is 0 Å². The molecule has 51 nitrogen and oxygen atoms in total. The van der Waals surface area contributed by atoms with Crippen LogP contribution in [-0.2, 0) is 96.0 Å². The van der Waals surface area contributed by atoms with E-state index in [-0.39, 0.29) is 185 Å². The minimum atomic E-state index is -1.80. The predicted molar refractivity (Wildman–Crippen MR) is 522 cm³/mol. The quantitative estimate of drug-likeness (QED) is 0.00846. The van der Waals surface area contributed by atoms with E-state index in [4.69, 9.17) is 62.1 Å². The van der Waals surface area contributed by atoms with Crippen LogP contribution in [0.25, 0.3) is 10.8 Å². The number of aliphatic carboxylic acids is 2. The number of hydrogen-bond acceptors (Lipinski definition) is 27. The molecule has 141 heavy (non-hydrogen) atoms. The highest BCUT2D eigenvalue weighted by atomic mass is 32.1. The molecule has 4 aromatic rings. The molecule has 0 unspecified atom stereocenters. The number of carbonyl (C=O) groups is 18. The molecule has 1 fully saturated rings. The molecule has 4 aromatic carbocycles. The van der Waals surface area contributed by atoms with Crippen LogP contribution in [0.15, 0.2) is 91.0 Å². The number of hydrogen-bond donors (Lipinski definition) is 34. The van der Waals surface area contributed by atoms with Crippen LogP contribution >= 0.6 is 25.3 Å². The first-order valence-electron chi connectivity index (χ1n) is 45.7. The lowest BCUT2D eigenvalue weighted by molar-refractivity contribution is -0.143. The number of nitrogens with one attached hydrogen (secondary N) is 20. The summed E-state index contributed by atoms with van der Waals surface area (Å²) in [4.78, 5) is 252. The molecule has 1 aliphatic rings. The molecule has 5 rings (SSSR count). The number of carbonyl (C=O) groups excluding carboxylic acids is 16. The van der Waals surface area contributed by atoms with Gasteiger partial charge in [0.1, 0.15) is 90.0 Å². The summed E-state index contributed by atoms with van der Waals surface area (Å²) in [5, 5.41) is 108. The third kappa shape index (κ3) is 43.4. The molecule has 18 amide bonds. The van der Waals surface area contributed by atoms with Gasteiger partial charge in [-0.3, -0.25) is 92.9 Å². The van der Waals surface area contributed by atoms with Gasteiger partial charge in [-0.2, -0.15) is 25.3 Å². The van der Waals surface area contributed by atoms with E-state index in [0.29, 0.717) is 16.7 Å². The van der Waals surface area contributed by atoms with Gasteiger partial charge in [-0.25, -0.2) is 9.59 Å². The summed E-state index contributed by atoms with van der Waals surface area (Å²) in [7, 11) is 0. The van der Waals surface area contributed by atoms with Gasteiger partial charge < -0.3 is 162 Å². The SMILES string of the molecule is N=C(N)NCCC[C@H](NC(=O)[C@H](CS)NC(=O)[C@H](CCCNC(N)=O)NC(=O)[C@H](CCCNC(=N)N)NC(=O)[C@H](Cc1ccc(O)cc1)NC(=O)[C@@H]1CCCN1C(=O)[C@@H](CCC(=O)O)NC(=O)[C@H](CCCCN)NC(=O)[C@H](CCCNC(N)=O)NC(=O)[C@H](Cc1ccc(O)cc1)NC(=O)[C@H](CS)NC(=O)[C@H](Cc1ccc2ccccc2c1)NC(=O)[C@H](CCCNC(=N)N)NC(=O)[C@H](N)CCC(=O)O)C(N)=O. The molecule has 0 bridgehead atoms. The highest BCUT2D eigenvalue weighted by Crippen LogP contribution is 2.24. The molecule has 40 N–H and O–H groups in total. The van der Waals surface area contributed by atoms with Gasteiger partial charge in [0, 0.05) is 82.9 Å². The van der Waals surface area contributed by atoms with Crippen molar-refractivity contribution in [1.82, 2.24) is 95.3 Å². The van der Waals surface area contributed by atoms with Crippen LogP contribution in [0.2, 0.25) is 0 Å². The van der Waals surface area contributed by atoms with E-state index < -0.39 is 235 Å². The van der Waals surface area contributed by atoms with E-state index in [2.05, 4.69) is 116 Å². The van der Waals surface area contributed by atoms with Crippen molar-refractivity contribution in [3.05, 3.63) is 108 Å². The molecule has 0 spiro atoms. The van der Waals surface area contributed by atoms with Crippen molar-refractivity contribution in [2.24, 2.45) is 45.9 Å². The summed E-state index contributed by atoms with van der Waals surface area (Å²) in [5.74, 6) is -19.3. The van der Waals surface area contributed by atoms with Crippen LogP contribution in [0.4, 0.5) is 9.59 Å². The summed E-state index contributed by atoms with van der Waals surface area (Å²) in [6.07, 6.45) is -4.07. The lowest BCUT2D eigenvalue weighted by Gasteiger charge is -2.31. The summed E-state index contributed by atoms with van der Waals surface area (Å²) in [5.41, 5.74) is 45.7. The number of nitrogens with zero attached hydrogens (tertiary/aromatic N) is 1. The molecule has 0 aromatic heterocycles. The molecule has 1 aliphatic heterocycles. The first kappa shape index (κ1) is 117. The largest absolute Gasteiger partial charge is 0.508 e. The molecule has 0 saturated carbocycles. The second-order valence-electron chi connectivity index (χ2n) is 33.4. The van der Waals surface area contributed by atoms with Gasteiger partial charge in [0.2, 0.25) is 82.7 Å². The maximum atomic E-state index is 15.2. The minimum absolute atomic E-state index is 0.0142. The second kappa shape index (κ2) is 61.5. The van der Waals surface area contributed by atoms with Crippen LogP contribution in [0.5, 0.6) is 11.5 Å². The molecule has 14 atom stereocenters. The number of amides is 18. The van der Waals surface area contributed by atoms with Crippen molar-refractivity contribution in [3.63, 3.8) is 0 Å². The van der Waals surface area contributed by atoms with E-state index in [1.807, 2.05) is 6.07 Å². The van der Waals surface area contributed by atoms with Gasteiger partial charge in [0.15, 0.2) is 17.9 Å². The molecular weight excluding hydrogens is 1880 g/mol. The molecule has 0 aliphatic carbocycles. The third-order valence-corrected chi connectivity index (χ3v) is 23.0. The maximum Gasteiger partial charge on any atom is 0.312 e. The number of primary amides is 3. The van der Waals surface area contributed by atoms with E-state index in [0.717, 1.165) is 15.7 Å². The van der Waals surface area contributed by atoms with E-state index in [9.17, 15) is 78.0 Å². The fourth-order valence-electron chi connectivity index (χ4n) is 14.8. The van der Waals surface area contributed by atoms with Gasteiger partial charge in [0.05, 0.1) is 6.04 Å². The number of unbranched alkanes of at least 4 members (excludes halogenated alkanes) is 1. The fourth-order valence-corrected chi connectivity index (χ4v) is 15.3. The predicted octanol–water partition coefficient (Wildman–Crippen LogP) is -6.69. The monoisotopic (exact) mass is 2010 g/mol. The normalized spacial score (nSPS) is 14.8. The van der Waals surface area contributed by atoms with E-state index in [1.54, 1.807) is 36.4 Å². The Morgan fingerprint density at radius 3 is 1.06 bits per heavy atom. The number of guanidine groups is 3. The van der Waals surface area contributed by atoms with Crippen molar-refractivity contribution in [1.29, 1.82) is 16.2 Å². The zero-order valence-electron chi connectivity index (χ0n) is 77.8. The van der Waals surface area contributed by atoms with Crippen molar-refractivity contribution in [3.8, 4) is 11.5 Å². The molecule has 0 radical (unpaired) electrons. The average molecular weight is 2010 g/mol. The molecule has 1 saturated heterocycles. The number of likely N-dealkylation sites (tertiary alicyclic amines) is 1. The van der Waals surface area contributed by atoms with Crippen LogP contribution in [-0.4, -0.2) is 292 Å². The van der Waals surface area contributed by atoms with Gasteiger partial charge in [0.25, 0.3) is 0 Å². The lowest BCUT2D eigenvalue weighted by atomic mass is 10.00. The van der Waals surface area contributed by atoms with Gasteiger partial charge in [-0.1, -0.05) is 66.7 Å². The van der Waals surface area contributed by atoms with Crippen molar-refractivity contribution in [2.75, 3.05) is 57.3 Å². The number of benzene rings is 4. The maximum absolute atomic E-state index is 15.2. The Hall–Kier alpha value is -14.8. The minimum Gasteiger partial charge on any atom is -0.508 e. The van der Waals surface area contributed by atoms with Gasteiger partial charge in [-0.05, 0) is 167 Å². The number of nitrogens with two attached hydrogens (primary N) is 8. The van der Waals surface area contributed by atoms with Crippen molar-refractivity contribution < 1.29 is 107 Å². The summed E-state index contributed by atoms with van der Waals surface area (Å²) in [6, 6.07) is -0.744. The number of phenolic OH excluding ortho intramolecular Hbond substituents is 2. The first-order chi connectivity index (χ1) is 67.0. The summed E-state index contributed by atoms with van der Waals surface area (Å²) < 4.78 is 0. The average Bonchev–Trinajstić information content (AvgIpc) is 1.81. The first-order valence-corrected chi connectivity index (χ1v) is 47.0. The Balaban J connectivity index is 1.47. The zero-order valence-corrected chi connectivity index (χ0v) is 79.6. The second-order valence-corrected chi connectivity index (χ2v) is 34.1. The Morgan fingerprint density at radius 1 is 0.362 bits per heavy atom. The molecule has 1 heterocycles. The number of carboxylic acids is 2. The van der Waals surface area contributed by atoms with Crippen LogP contribution in [0.1, 0.15) is 139 Å². The Morgan fingerprint density at radius 2 is 0.681 bits per heavy atom. The Kier molecular flexibility index (Phi) is 50.9. The number of fused-ring (bicyclic) bond motifs is 1. The van der Waals surface area contributed by atoms with Gasteiger partial charge >= 0.3 is 24.0 Å². The number of urea groups is 2. The van der Waals surface area contributed by atoms with E-state index >= 15 is 28.8 Å². The number of phenols is 2. The summed E-state index contributed by atoms with van der Waals surface area (Å²) in [6.45, 7) is -0.356. The number of carboxylic acid groups (broad SMARTS) is 2.